The van der Waals surface area contributed by atoms with E-state index in [4.69, 9.17) is 0 Å². The van der Waals surface area contributed by atoms with Crippen molar-refractivity contribution in [1.82, 2.24) is 4.98 Å². The van der Waals surface area contributed by atoms with E-state index in [2.05, 4.69) is 20.9 Å². The van der Waals surface area contributed by atoms with Gasteiger partial charge in [0.2, 0.25) is 0 Å². The number of halogens is 1. The molecule has 2 nitrogen and oxygen atoms in total. The highest BCUT2D eigenvalue weighted by molar-refractivity contribution is 9.10. The molecule has 0 radical (unpaired) electrons. The van der Waals surface area contributed by atoms with Crippen molar-refractivity contribution in [3.63, 3.8) is 0 Å². The highest BCUT2D eigenvalue weighted by atomic mass is 79.9. The maximum absolute atomic E-state index is 11.9. The fourth-order valence-corrected chi connectivity index (χ4v) is 2.61. The second-order valence-electron chi connectivity index (χ2n) is 3.74. The van der Waals surface area contributed by atoms with Crippen LogP contribution >= 0.6 is 15.9 Å². The molecular formula is C14H12BrNOS. The van der Waals surface area contributed by atoms with Crippen LogP contribution in [0.4, 0.5) is 0 Å². The molecule has 0 aliphatic heterocycles. The zero-order valence-corrected chi connectivity index (χ0v) is 12.0. The molecule has 0 amide bonds. The van der Waals surface area contributed by atoms with Crippen LogP contribution in [0.2, 0.25) is 0 Å². The Morgan fingerprint density at radius 3 is 2.67 bits per heavy atom. The van der Waals surface area contributed by atoms with Crippen LogP contribution in [0.3, 0.4) is 0 Å². The molecule has 18 heavy (non-hydrogen) atoms. The first-order valence-electron chi connectivity index (χ1n) is 5.44. The average Bonchev–Trinajstić information content (AvgIpc) is 2.40. The Kier molecular flexibility index (Phi) is 4.99. The third kappa shape index (κ3) is 4.29. The maximum Gasteiger partial charge on any atom is 0.135 e. The first-order valence-corrected chi connectivity index (χ1v) is 7.61. The Morgan fingerprint density at radius 2 is 2.00 bits per heavy atom. The van der Waals surface area contributed by atoms with Crippen molar-refractivity contribution in [3.8, 4) is 0 Å². The van der Waals surface area contributed by atoms with Gasteiger partial charge in [-0.3, -0.25) is 4.98 Å². The summed E-state index contributed by atoms with van der Waals surface area (Å²) in [5.41, 5.74) is 2.02. The molecule has 0 aliphatic carbocycles. The predicted octanol–water partition coefficient (Wildman–Crippen LogP) is 3.76. The lowest BCUT2D eigenvalue weighted by Crippen LogP contribution is -1.99. The van der Waals surface area contributed by atoms with Gasteiger partial charge in [-0.25, -0.2) is 0 Å². The SMILES string of the molecule is [O-][S+](C=Cc1cccnc1)Cc1ccc(Br)cc1. The molecule has 4 heteroatoms. The molecule has 1 unspecified atom stereocenters. The number of pyridine rings is 1. The van der Waals surface area contributed by atoms with Gasteiger partial charge < -0.3 is 4.55 Å². The molecule has 1 aromatic carbocycles. The van der Waals surface area contributed by atoms with E-state index in [-0.39, 0.29) is 0 Å². The molecule has 1 aromatic heterocycles. The number of rotatable bonds is 4. The Labute approximate surface area is 118 Å². The van der Waals surface area contributed by atoms with Crippen molar-refractivity contribution in [2.75, 3.05) is 0 Å². The largest absolute Gasteiger partial charge is 0.612 e. The van der Waals surface area contributed by atoms with Gasteiger partial charge in [0.1, 0.15) is 11.2 Å². The van der Waals surface area contributed by atoms with Gasteiger partial charge in [-0.1, -0.05) is 34.1 Å². The van der Waals surface area contributed by atoms with Gasteiger partial charge in [0.15, 0.2) is 0 Å². The summed E-state index contributed by atoms with van der Waals surface area (Å²) in [6.45, 7) is 0. The van der Waals surface area contributed by atoms with Gasteiger partial charge in [-0.05, 0) is 41.0 Å². The van der Waals surface area contributed by atoms with Crippen molar-refractivity contribution < 1.29 is 4.55 Å². The molecule has 0 saturated carbocycles. The van der Waals surface area contributed by atoms with E-state index < -0.39 is 11.2 Å². The Balaban J connectivity index is 1.94. The van der Waals surface area contributed by atoms with E-state index in [1.165, 1.54) is 0 Å². The van der Waals surface area contributed by atoms with Crippen molar-refractivity contribution in [1.29, 1.82) is 0 Å². The number of nitrogens with zero attached hydrogens (tertiary/aromatic N) is 1. The fourth-order valence-electron chi connectivity index (χ4n) is 1.42. The molecule has 0 saturated heterocycles. The zero-order chi connectivity index (χ0) is 12.8. The highest BCUT2D eigenvalue weighted by Gasteiger charge is 2.03. The number of benzene rings is 1. The number of hydrogen-bond acceptors (Lipinski definition) is 2. The quantitative estimate of drug-likeness (QED) is 0.804. The lowest BCUT2D eigenvalue weighted by Gasteiger charge is -2.05. The van der Waals surface area contributed by atoms with E-state index in [9.17, 15) is 4.55 Å². The summed E-state index contributed by atoms with van der Waals surface area (Å²) in [6.07, 6.45) is 5.30. The van der Waals surface area contributed by atoms with Gasteiger partial charge in [-0.2, -0.15) is 0 Å². The Morgan fingerprint density at radius 1 is 1.22 bits per heavy atom. The summed E-state index contributed by atoms with van der Waals surface area (Å²) in [6, 6.07) is 11.6. The number of hydrogen-bond donors (Lipinski definition) is 0. The second-order valence-corrected chi connectivity index (χ2v) is 5.98. The number of aromatic nitrogens is 1. The molecule has 2 rings (SSSR count). The minimum absolute atomic E-state index is 0.532. The standard InChI is InChI=1S/C14H12BrNOS/c15-14-5-3-13(4-6-14)11-18(17)9-7-12-2-1-8-16-10-12/h1-10H,11H2. The van der Waals surface area contributed by atoms with E-state index >= 15 is 0 Å². The van der Waals surface area contributed by atoms with E-state index in [0.717, 1.165) is 15.6 Å². The molecule has 0 bridgehead atoms. The van der Waals surface area contributed by atoms with Crippen LogP contribution in [0.1, 0.15) is 11.1 Å². The normalized spacial score (nSPS) is 12.8. The van der Waals surface area contributed by atoms with Crippen LogP contribution in [0.15, 0.2) is 58.7 Å². The van der Waals surface area contributed by atoms with Crippen LogP contribution in [0, 0.1) is 0 Å². The predicted molar refractivity (Wildman–Crippen MR) is 79.3 cm³/mol. The molecule has 2 aromatic rings. The van der Waals surface area contributed by atoms with Gasteiger partial charge in [0.25, 0.3) is 0 Å². The van der Waals surface area contributed by atoms with E-state index in [1.54, 1.807) is 17.8 Å². The van der Waals surface area contributed by atoms with Gasteiger partial charge in [0, 0.05) is 22.4 Å². The molecule has 0 N–H and O–H groups in total. The average molecular weight is 322 g/mol. The van der Waals surface area contributed by atoms with E-state index in [0.29, 0.717) is 5.75 Å². The van der Waals surface area contributed by atoms with Crippen molar-refractivity contribution in [2.24, 2.45) is 0 Å². The third-order valence-corrected chi connectivity index (χ3v) is 3.91. The van der Waals surface area contributed by atoms with E-state index in [1.807, 2.05) is 42.5 Å². The summed E-state index contributed by atoms with van der Waals surface area (Å²) in [4.78, 5) is 4.00. The smallest absolute Gasteiger partial charge is 0.135 e. The topological polar surface area (TPSA) is 36.0 Å². The Hall–Kier alpha value is -1.10. The third-order valence-electron chi connectivity index (χ3n) is 2.32. The van der Waals surface area contributed by atoms with Crippen LogP contribution in [-0.4, -0.2) is 9.54 Å². The summed E-state index contributed by atoms with van der Waals surface area (Å²) in [7, 11) is 0. The molecular weight excluding hydrogens is 310 g/mol. The summed E-state index contributed by atoms with van der Waals surface area (Å²) >= 11 is 2.37. The van der Waals surface area contributed by atoms with Crippen LogP contribution < -0.4 is 0 Å². The fraction of sp³-hybridized carbons (Fsp3) is 0.0714. The minimum Gasteiger partial charge on any atom is -0.612 e. The van der Waals surface area contributed by atoms with Crippen LogP contribution in [0.25, 0.3) is 6.08 Å². The lowest BCUT2D eigenvalue weighted by molar-refractivity contribution is 0.603. The van der Waals surface area contributed by atoms with Gasteiger partial charge >= 0.3 is 0 Å². The van der Waals surface area contributed by atoms with Gasteiger partial charge in [-0.15, -0.1) is 0 Å². The zero-order valence-electron chi connectivity index (χ0n) is 9.62. The maximum atomic E-state index is 11.9. The lowest BCUT2D eigenvalue weighted by atomic mass is 10.2. The van der Waals surface area contributed by atoms with Crippen molar-refractivity contribution in [3.05, 3.63) is 69.8 Å². The summed E-state index contributed by atoms with van der Waals surface area (Å²) < 4.78 is 12.9. The Bertz CT molecular complexity index is 513. The second kappa shape index (κ2) is 6.73. The molecule has 0 spiro atoms. The molecule has 92 valence electrons. The molecule has 0 aliphatic rings. The van der Waals surface area contributed by atoms with Crippen LogP contribution in [-0.2, 0) is 16.9 Å². The first-order chi connectivity index (χ1) is 8.74. The highest BCUT2D eigenvalue weighted by Crippen LogP contribution is 2.14. The molecule has 1 atom stereocenters. The molecule has 0 fully saturated rings. The van der Waals surface area contributed by atoms with Crippen molar-refractivity contribution in [2.45, 2.75) is 5.75 Å². The minimum atomic E-state index is -1.00. The molecule has 1 heterocycles. The summed E-state index contributed by atoms with van der Waals surface area (Å²) in [5.74, 6) is 0.532. The first kappa shape index (κ1) is 13.3. The summed E-state index contributed by atoms with van der Waals surface area (Å²) in [5, 5.41) is 1.71. The van der Waals surface area contributed by atoms with Crippen LogP contribution in [0.5, 0.6) is 0 Å². The van der Waals surface area contributed by atoms with Gasteiger partial charge in [0.05, 0.1) is 0 Å². The monoisotopic (exact) mass is 321 g/mol. The van der Waals surface area contributed by atoms with Crippen molar-refractivity contribution >= 4 is 33.2 Å².